The van der Waals surface area contributed by atoms with Crippen molar-refractivity contribution in [2.45, 2.75) is 32.7 Å². The van der Waals surface area contributed by atoms with E-state index in [1.807, 2.05) is 0 Å². The molecule has 2 aliphatic rings. The molecule has 1 heterocycles. The molecule has 6 heteroatoms. The molecular formula is C15H27N3O3. The molecule has 3 atom stereocenters. The van der Waals surface area contributed by atoms with Gasteiger partial charge >= 0.3 is 0 Å². The van der Waals surface area contributed by atoms with Crippen molar-refractivity contribution in [2.24, 2.45) is 11.8 Å². The second-order valence-electron chi connectivity index (χ2n) is 6.16. The van der Waals surface area contributed by atoms with Crippen LogP contribution in [-0.4, -0.2) is 62.1 Å². The molecule has 120 valence electrons. The molecule has 2 rings (SSSR count). The van der Waals surface area contributed by atoms with Gasteiger partial charge in [-0.05, 0) is 19.3 Å². The summed E-state index contributed by atoms with van der Waals surface area (Å²) in [5, 5.41) is 5.76. The molecule has 21 heavy (non-hydrogen) atoms. The summed E-state index contributed by atoms with van der Waals surface area (Å²) in [6.07, 6.45) is 1.33. The Kier molecular flexibility index (Phi) is 5.99. The van der Waals surface area contributed by atoms with Crippen LogP contribution in [0.1, 0.15) is 26.7 Å². The Morgan fingerprint density at radius 3 is 2.57 bits per heavy atom. The van der Waals surface area contributed by atoms with Crippen LogP contribution in [0.15, 0.2) is 0 Å². The summed E-state index contributed by atoms with van der Waals surface area (Å²) in [6, 6.07) is 0.319. The lowest BCUT2D eigenvalue weighted by Gasteiger charge is -2.32. The Morgan fingerprint density at radius 2 is 1.95 bits per heavy atom. The number of ether oxygens (including phenoxy) is 1. The molecule has 0 radical (unpaired) electrons. The van der Waals surface area contributed by atoms with E-state index in [1.54, 1.807) is 0 Å². The lowest BCUT2D eigenvalue weighted by atomic mass is 10.2. The molecule has 0 spiro atoms. The minimum Gasteiger partial charge on any atom is -0.379 e. The van der Waals surface area contributed by atoms with Crippen LogP contribution in [0.3, 0.4) is 0 Å². The molecule has 1 saturated carbocycles. The monoisotopic (exact) mass is 297 g/mol. The van der Waals surface area contributed by atoms with Crippen molar-refractivity contribution in [3.05, 3.63) is 0 Å². The minimum atomic E-state index is -0.000690. The molecule has 0 aromatic carbocycles. The first-order valence-corrected chi connectivity index (χ1v) is 7.94. The quantitative estimate of drug-likeness (QED) is 0.693. The van der Waals surface area contributed by atoms with Crippen LogP contribution >= 0.6 is 0 Å². The lowest BCUT2D eigenvalue weighted by Crippen LogP contribution is -2.47. The van der Waals surface area contributed by atoms with E-state index in [1.165, 1.54) is 0 Å². The summed E-state index contributed by atoms with van der Waals surface area (Å²) >= 11 is 0. The van der Waals surface area contributed by atoms with Gasteiger partial charge in [-0.15, -0.1) is 0 Å². The summed E-state index contributed by atoms with van der Waals surface area (Å²) in [6.45, 7) is 8.64. The first kappa shape index (κ1) is 16.2. The van der Waals surface area contributed by atoms with Gasteiger partial charge in [-0.2, -0.15) is 0 Å². The van der Waals surface area contributed by atoms with E-state index in [-0.39, 0.29) is 17.7 Å². The van der Waals surface area contributed by atoms with E-state index in [4.69, 9.17) is 4.74 Å². The maximum Gasteiger partial charge on any atom is 0.223 e. The van der Waals surface area contributed by atoms with Crippen molar-refractivity contribution >= 4 is 11.8 Å². The number of hydrogen-bond donors (Lipinski definition) is 2. The number of rotatable bonds is 7. The predicted molar refractivity (Wildman–Crippen MR) is 79.8 cm³/mol. The fourth-order valence-corrected chi connectivity index (χ4v) is 2.62. The Hall–Kier alpha value is -1.14. The summed E-state index contributed by atoms with van der Waals surface area (Å²) in [5.41, 5.74) is 0. The smallest absolute Gasteiger partial charge is 0.223 e. The van der Waals surface area contributed by atoms with Crippen LogP contribution in [0.2, 0.25) is 0 Å². The van der Waals surface area contributed by atoms with Gasteiger partial charge in [-0.3, -0.25) is 14.5 Å². The molecule has 0 aromatic rings. The van der Waals surface area contributed by atoms with Crippen LogP contribution in [0, 0.1) is 11.8 Å². The molecule has 0 aromatic heterocycles. The molecular weight excluding hydrogens is 270 g/mol. The molecule has 6 nitrogen and oxygen atoms in total. The van der Waals surface area contributed by atoms with Gasteiger partial charge in [-0.1, -0.05) is 6.92 Å². The highest BCUT2D eigenvalue weighted by Gasteiger charge is 2.38. The second-order valence-corrected chi connectivity index (χ2v) is 6.16. The van der Waals surface area contributed by atoms with Gasteiger partial charge in [0.15, 0.2) is 0 Å². The van der Waals surface area contributed by atoms with E-state index >= 15 is 0 Å². The molecule has 1 aliphatic heterocycles. The van der Waals surface area contributed by atoms with Crippen LogP contribution in [0.25, 0.3) is 0 Å². The van der Waals surface area contributed by atoms with Gasteiger partial charge in [0, 0.05) is 44.6 Å². The van der Waals surface area contributed by atoms with Crippen LogP contribution < -0.4 is 10.6 Å². The fourth-order valence-electron chi connectivity index (χ4n) is 2.62. The SMILES string of the molecule is C[C@@H]1C[C@@H]1C(=O)NCCC(=O)NC[C@H](C)N1CCOCC1. The number of hydrogen-bond acceptors (Lipinski definition) is 4. The summed E-state index contributed by atoms with van der Waals surface area (Å²) in [5.74, 6) is 0.777. The normalized spacial score (nSPS) is 27.0. The number of amides is 2. The standard InChI is InChI=1S/C15H27N3O3/c1-11-9-13(11)15(20)16-4-3-14(19)17-10-12(2)18-5-7-21-8-6-18/h11-13H,3-10H2,1-2H3,(H,16,20)(H,17,19)/t11-,12+,13+/m1/s1. The minimum absolute atomic E-state index is 0.000690. The van der Waals surface area contributed by atoms with Crippen molar-refractivity contribution in [3.8, 4) is 0 Å². The Labute approximate surface area is 126 Å². The largest absolute Gasteiger partial charge is 0.379 e. The zero-order valence-electron chi connectivity index (χ0n) is 13.1. The zero-order chi connectivity index (χ0) is 15.2. The van der Waals surface area contributed by atoms with Crippen LogP contribution in [-0.2, 0) is 14.3 Å². The molecule has 0 bridgehead atoms. The maximum absolute atomic E-state index is 11.8. The van der Waals surface area contributed by atoms with Gasteiger partial charge in [0.05, 0.1) is 13.2 Å². The Morgan fingerprint density at radius 1 is 1.29 bits per heavy atom. The maximum atomic E-state index is 11.8. The topological polar surface area (TPSA) is 70.7 Å². The van der Waals surface area contributed by atoms with Crippen LogP contribution in [0.4, 0.5) is 0 Å². The molecule has 0 unspecified atom stereocenters. The van der Waals surface area contributed by atoms with Crippen molar-refractivity contribution in [1.82, 2.24) is 15.5 Å². The molecule has 2 fully saturated rings. The van der Waals surface area contributed by atoms with Crippen molar-refractivity contribution in [3.63, 3.8) is 0 Å². The second kappa shape index (κ2) is 7.75. The van der Waals surface area contributed by atoms with Crippen molar-refractivity contribution in [2.75, 3.05) is 39.4 Å². The Balaban J connectivity index is 1.53. The van der Waals surface area contributed by atoms with Gasteiger partial charge in [0.1, 0.15) is 0 Å². The highest BCUT2D eigenvalue weighted by atomic mass is 16.5. The van der Waals surface area contributed by atoms with Gasteiger partial charge in [-0.25, -0.2) is 0 Å². The van der Waals surface area contributed by atoms with E-state index in [0.29, 0.717) is 31.5 Å². The summed E-state index contributed by atoms with van der Waals surface area (Å²) in [7, 11) is 0. The highest BCUT2D eigenvalue weighted by molar-refractivity contribution is 5.82. The van der Waals surface area contributed by atoms with E-state index in [2.05, 4.69) is 29.4 Å². The summed E-state index contributed by atoms with van der Waals surface area (Å²) in [4.78, 5) is 25.7. The lowest BCUT2D eigenvalue weighted by molar-refractivity contribution is -0.123. The number of carbonyl (C=O) groups is 2. The molecule has 1 saturated heterocycles. The van der Waals surface area contributed by atoms with E-state index in [0.717, 1.165) is 32.7 Å². The van der Waals surface area contributed by atoms with Crippen molar-refractivity contribution in [1.29, 1.82) is 0 Å². The first-order valence-electron chi connectivity index (χ1n) is 7.94. The summed E-state index contributed by atoms with van der Waals surface area (Å²) < 4.78 is 5.31. The van der Waals surface area contributed by atoms with E-state index < -0.39 is 0 Å². The van der Waals surface area contributed by atoms with Gasteiger partial charge in [0.25, 0.3) is 0 Å². The average molecular weight is 297 g/mol. The third-order valence-electron chi connectivity index (χ3n) is 4.36. The van der Waals surface area contributed by atoms with Crippen molar-refractivity contribution < 1.29 is 14.3 Å². The fraction of sp³-hybridized carbons (Fsp3) is 0.867. The molecule has 2 N–H and O–H groups in total. The predicted octanol–water partition coefficient (Wildman–Crippen LogP) is -0.0144. The van der Waals surface area contributed by atoms with Gasteiger partial charge < -0.3 is 15.4 Å². The highest BCUT2D eigenvalue weighted by Crippen LogP contribution is 2.37. The van der Waals surface area contributed by atoms with Crippen LogP contribution in [0.5, 0.6) is 0 Å². The zero-order valence-corrected chi connectivity index (χ0v) is 13.1. The first-order chi connectivity index (χ1) is 10.1. The van der Waals surface area contributed by atoms with E-state index in [9.17, 15) is 9.59 Å². The molecule has 1 aliphatic carbocycles. The number of nitrogens with one attached hydrogen (secondary N) is 2. The number of carbonyl (C=O) groups excluding carboxylic acids is 2. The third-order valence-corrected chi connectivity index (χ3v) is 4.36. The third kappa shape index (κ3) is 5.28. The number of nitrogens with zero attached hydrogens (tertiary/aromatic N) is 1. The number of morpholine rings is 1. The molecule has 2 amide bonds. The van der Waals surface area contributed by atoms with Gasteiger partial charge in [0.2, 0.25) is 11.8 Å². The average Bonchev–Trinajstić information content (AvgIpc) is 3.22. The Bertz CT molecular complexity index is 369.